The Labute approximate surface area is 104 Å². The van der Waals surface area contributed by atoms with Gasteiger partial charge >= 0.3 is 6.03 Å². The molecule has 0 bridgehead atoms. The molecule has 2 aliphatic rings. The maximum Gasteiger partial charge on any atom is 0.315 e. The molecule has 17 heavy (non-hydrogen) atoms. The molecule has 0 aromatic heterocycles. The molecule has 0 aromatic rings. The zero-order valence-electron chi connectivity index (χ0n) is 10.7. The second-order valence-corrected chi connectivity index (χ2v) is 5.71. The fourth-order valence-corrected chi connectivity index (χ4v) is 3.44. The third-order valence-corrected chi connectivity index (χ3v) is 4.43. The van der Waals surface area contributed by atoms with Gasteiger partial charge in [0.1, 0.15) is 0 Å². The van der Waals surface area contributed by atoms with E-state index < -0.39 is 0 Å². The summed E-state index contributed by atoms with van der Waals surface area (Å²) in [6.45, 7) is 0. The lowest BCUT2D eigenvalue weighted by molar-refractivity contribution is -0.426. The Hall–Kier alpha value is -0.770. The van der Waals surface area contributed by atoms with Gasteiger partial charge in [-0.15, -0.1) is 0 Å². The van der Waals surface area contributed by atoms with Gasteiger partial charge in [0.2, 0.25) is 0 Å². The summed E-state index contributed by atoms with van der Waals surface area (Å²) in [5.74, 6) is 0. The second-order valence-electron chi connectivity index (χ2n) is 5.71. The van der Waals surface area contributed by atoms with Crippen LogP contribution in [0.25, 0.3) is 0 Å². The standard InChI is InChI=1S/C13H25N3O/c14-10-6-8-12(9-7-10)16(13(15)17)11-4-2-1-3-5-11/h10-12H,1-9,14H2,(H2,15,17)/p+1. The molecule has 5 N–H and O–H groups in total. The van der Waals surface area contributed by atoms with Gasteiger partial charge in [0.25, 0.3) is 0 Å². The van der Waals surface area contributed by atoms with Crippen molar-refractivity contribution in [1.82, 2.24) is 4.90 Å². The molecule has 0 saturated heterocycles. The summed E-state index contributed by atoms with van der Waals surface area (Å²) >= 11 is 0. The monoisotopic (exact) mass is 240 g/mol. The summed E-state index contributed by atoms with van der Waals surface area (Å²) in [5, 5.41) is 0. The molecule has 2 amide bonds. The van der Waals surface area contributed by atoms with Gasteiger partial charge in [0, 0.05) is 24.9 Å². The Bertz CT molecular complexity index is 255. The number of primary amides is 1. The molecule has 2 rings (SSSR count). The lowest BCUT2D eigenvalue weighted by Gasteiger charge is -2.41. The van der Waals surface area contributed by atoms with Crippen LogP contribution in [0.5, 0.6) is 0 Å². The van der Waals surface area contributed by atoms with Crippen LogP contribution in [0.4, 0.5) is 4.79 Å². The molecule has 2 aliphatic carbocycles. The summed E-state index contributed by atoms with van der Waals surface area (Å²) < 4.78 is 0. The van der Waals surface area contributed by atoms with Crippen LogP contribution in [0, 0.1) is 0 Å². The smallest absolute Gasteiger partial charge is 0.315 e. The van der Waals surface area contributed by atoms with Crippen molar-refractivity contribution in [3.05, 3.63) is 0 Å². The molecule has 4 heteroatoms. The van der Waals surface area contributed by atoms with Gasteiger partial charge < -0.3 is 16.4 Å². The summed E-state index contributed by atoms with van der Waals surface area (Å²) in [4.78, 5) is 13.7. The highest BCUT2D eigenvalue weighted by molar-refractivity contribution is 5.72. The van der Waals surface area contributed by atoms with Crippen molar-refractivity contribution in [2.75, 3.05) is 0 Å². The van der Waals surface area contributed by atoms with E-state index in [2.05, 4.69) is 5.73 Å². The van der Waals surface area contributed by atoms with Crippen LogP contribution in [0.3, 0.4) is 0 Å². The number of nitrogens with zero attached hydrogens (tertiary/aromatic N) is 1. The molecule has 0 radical (unpaired) electrons. The highest BCUT2D eigenvalue weighted by Gasteiger charge is 2.33. The van der Waals surface area contributed by atoms with Gasteiger partial charge in [0.15, 0.2) is 0 Å². The van der Waals surface area contributed by atoms with Crippen LogP contribution in [0.1, 0.15) is 57.8 Å². The van der Waals surface area contributed by atoms with E-state index in [9.17, 15) is 4.79 Å². The van der Waals surface area contributed by atoms with E-state index in [0.717, 1.165) is 38.5 Å². The van der Waals surface area contributed by atoms with Crippen LogP contribution in [-0.2, 0) is 0 Å². The molecule has 98 valence electrons. The predicted octanol–water partition coefficient (Wildman–Crippen LogP) is 1.25. The van der Waals surface area contributed by atoms with Crippen LogP contribution < -0.4 is 11.5 Å². The van der Waals surface area contributed by atoms with E-state index in [-0.39, 0.29) is 6.03 Å². The zero-order chi connectivity index (χ0) is 12.3. The van der Waals surface area contributed by atoms with Crippen molar-refractivity contribution < 1.29 is 10.5 Å². The number of urea groups is 1. The number of rotatable bonds is 2. The molecule has 0 aromatic carbocycles. The first-order valence-electron chi connectivity index (χ1n) is 7.09. The van der Waals surface area contributed by atoms with Gasteiger partial charge in [-0.25, -0.2) is 4.79 Å². The average Bonchev–Trinajstić information content (AvgIpc) is 2.33. The second kappa shape index (κ2) is 5.71. The number of carbonyl (C=O) groups excluding carboxylic acids is 1. The van der Waals surface area contributed by atoms with Crippen LogP contribution in [0.15, 0.2) is 0 Å². The van der Waals surface area contributed by atoms with E-state index in [0.29, 0.717) is 18.1 Å². The Balaban J connectivity index is 1.98. The SMILES string of the molecule is NC(=O)N(C1CCCCC1)C1CCC([NH3+])CC1. The zero-order valence-corrected chi connectivity index (χ0v) is 10.7. The number of hydrogen-bond acceptors (Lipinski definition) is 1. The van der Waals surface area contributed by atoms with Gasteiger partial charge in [0.05, 0.1) is 6.04 Å². The first kappa shape index (κ1) is 12.7. The van der Waals surface area contributed by atoms with Crippen molar-refractivity contribution in [1.29, 1.82) is 0 Å². The summed E-state index contributed by atoms with van der Waals surface area (Å²) in [6, 6.07) is 1.16. The van der Waals surface area contributed by atoms with Crippen LogP contribution >= 0.6 is 0 Å². The van der Waals surface area contributed by atoms with Crippen molar-refractivity contribution in [3.63, 3.8) is 0 Å². The van der Waals surface area contributed by atoms with Crippen molar-refractivity contribution in [2.24, 2.45) is 5.73 Å². The molecule has 0 atom stereocenters. The number of hydrogen-bond donors (Lipinski definition) is 2. The Kier molecular flexibility index (Phi) is 4.26. The number of quaternary nitrogens is 1. The van der Waals surface area contributed by atoms with E-state index in [1.165, 1.54) is 19.3 Å². The van der Waals surface area contributed by atoms with Crippen LogP contribution in [0.2, 0.25) is 0 Å². The van der Waals surface area contributed by atoms with E-state index in [1.54, 1.807) is 0 Å². The lowest BCUT2D eigenvalue weighted by atomic mass is 9.87. The fourth-order valence-electron chi connectivity index (χ4n) is 3.44. The number of carbonyl (C=O) groups is 1. The van der Waals surface area contributed by atoms with Gasteiger partial charge in [-0.2, -0.15) is 0 Å². The van der Waals surface area contributed by atoms with Crippen molar-refractivity contribution in [3.8, 4) is 0 Å². The molecule has 0 aliphatic heterocycles. The lowest BCUT2D eigenvalue weighted by Crippen LogP contribution is -2.63. The minimum absolute atomic E-state index is 0.204. The van der Waals surface area contributed by atoms with Gasteiger partial charge in [-0.3, -0.25) is 0 Å². The van der Waals surface area contributed by atoms with Gasteiger partial charge in [-0.1, -0.05) is 19.3 Å². The molecular weight excluding hydrogens is 214 g/mol. The molecule has 4 nitrogen and oxygen atoms in total. The quantitative estimate of drug-likeness (QED) is 0.749. The Morgan fingerprint density at radius 2 is 1.47 bits per heavy atom. The predicted molar refractivity (Wildman–Crippen MR) is 67.2 cm³/mol. The molecular formula is C13H26N3O+. The summed E-state index contributed by atoms with van der Waals surface area (Å²) in [6.07, 6.45) is 10.6. The maximum atomic E-state index is 11.7. The topological polar surface area (TPSA) is 74.0 Å². The third-order valence-electron chi connectivity index (χ3n) is 4.43. The van der Waals surface area contributed by atoms with E-state index in [4.69, 9.17) is 5.73 Å². The molecule has 0 unspecified atom stereocenters. The average molecular weight is 240 g/mol. The number of nitrogens with two attached hydrogens (primary N) is 1. The molecule has 0 heterocycles. The van der Waals surface area contributed by atoms with Crippen LogP contribution in [-0.4, -0.2) is 29.1 Å². The normalized spacial score (nSPS) is 31.1. The van der Waals surface area contributed by atoms with E-state index in [1.807, 2.05) is 4.90 Å². The largest absolute Gasteiger partial charge is 0.355 e. The minimum Gasteiger partial charge on any atom is -0.355 e. The third kappa shape index (κ3) is 3.12. The minimum atomic E-state index is -0.204. The van der Waals surface area contributed by atoms with Gasteiger partial charge in [-0.05, 0) is 25.7 Å². The summed E-state index contributed by atoms with van der Waals surface area (Å²) in [5.41, 5.74) is 9.72. The van der Waals surface area contributed by atoms with Crippen molar-refractivity contribution >= 4 is 6.03 Å². The number of amides is 2. The molecule has 2 saturated carbocycles. The fraction of sp³-hybridized carbons (Fsp3) is 0.923. The molecule has 0 spiro atoms. The molecule has 2 fully saturated rings. The first-order chi connectivity index (χ1) is 8.18. The van der Waals surface area contributed by atoms with E-state index >= 15 is 0 Å². The highest BCUT2D eigenvalue weighted by Crippen LogP contribution is 2.29. The highest BCUT2D eigenvalue weighted by atomic mass is 16.2. The Morgan fingerprint density at radius 3 is 2.00 bits per heavy atom. The summed E-state index contributed by atoms with van der Waals surface area (Å²) in [7, 11) is 0. The maximum absolute atomic E-state index is 11.7. The Morgan fingerprint density at radius 1 is 0.941 bits per heavy atom. The first-order valence-corrected chi connectivity index (χ1v) is 7.09. The van der Waals surface area contributed by atoms with Crippen molar-refractivity contribution in [2.45, 2.75) is 75.9 Å².